The summed E-state index contributed by atoms with van der Waals surface area (Å²) in [6.45, 7) is 0.700. The van der Waals surface area contributed by atoms with Gasteiger partial charge in [-0.05, 0) is 54.5 Å². The highest BCUT2D eigenvalue weighted by molar-refractivity contribution is 7.80. The van der Waals surface area contributed by atoms with Gasteiger partial charge in [-0.3, -0.25) is 9.98 Å². The molecule has 0 fully saturated rings. The smallest absolute Gasteiger partial charge is 0.0456 e. The Balaban J connectivity index is 1.18. The molecule has 0 amide bonds. The normalized spacial score (nSPS) is 11.4. The van der Waals surface area contributed by atoms with Gasteiger partial charge in [0.2, 0.25) is 0 Å². The van der Waals surface area contributed by atoms with Crippen LogP contribution < -0.4 is 26.5 Å². The number of hydrogen-bond acceptors (Lipinski definition) is 2. The minimum absolute atomic E-state index is 0.525. The van der Waals surface area contributed by atoms with E-state index in [0.717, 1.165) is 24.0 Å². The van der Waals surface area contributed by atoms with E-state index in [2.05, 4.69) is 170 Å². The molecular weight excluding hydrogens is 558 g/mol. The zero-order valence-electron chi connectivity index (χ0n) is 24.1. The first-order valence-corrected chi connectivity index (χ1v) is 17.5. The van der Waals surface area contributed by atoms with Gasteiger partial charge >= 0.3 is 0 Å². The van der Waals surface area contributed by atoms with Crippen LogP contribution in [0, 0.1) is 0 Å². The minimum Gasteiger partial charge on any atom is -0.292 e. The molecule has 1 aromatic heterocycles. The summed E-state index contributed by atoms with van der Waals surface area (Å²) < 4.78 is 0. The number of nitrogens with zero attached hydrogens (tertiary/aromatic N) is 2. The average Bonchev–Trinajstić information content (AvgIpc) is 3.08. The summed E-state index contributed by atoms with van der Waals surface area (Å²) in [7, 11) is -1.21. The Bertz CT molecular complexity index is 1660. The number of hydrogen-bond donors (Lipinski definition) is 0. The zero-order valence-corrected chi connectivity index (χ0v) is 25.9. The lowest BCUT2D eigenvalue weighted by atomic mass is 10.2. The van der Waals surface area contributed by atoms with E-state index in [4.69, 9.17) is 9.98 Å². The Morgan fingerprint density at radius 1 is 0.488 bits per heavy atom. The molecule has 210 valence electrons. The first-order valence-electron chi connectivity index (χ1n) is 14.7. The van der Waals surface area contributed by atoms with Gasteiger partial charge in [0.15, 0.2) is 0 Å². The molecule has 1 heterocycles. The highest BCUT2D eigenvalue weighted by Gasteiger charge is 2.18. The Labute approximate surface area is 257 Å². The van der Waals surface area contributed by atoms with E-state index in [1.807, 2.05) is 0 Å². The number of benzene rings is 5. The third kappa shape index (κ3) is 7.60. The molecule has 6 rings (SSSR count). The molecule has 0 radical (unpaired) electrons. The van der Waals surface area contributed by atoms with Gasteiger partial charge in [0.1, 0.15) is 0 Å². The summed E-state index contributed by atoms with van der Waals surface area (Å²) >= 11 is 0. The van der Waals surface area contributed by atoms with Crippen LogP contribution in [0.4, 0.5) is 0 Å². The molecule has 5 aromatic carbocycles. The average molecular weight is 593 g/mol. The van der Waals surface area contributed by atoms with E-state index in [1.165, 1.54) is 32.1 Å². The molecule has 0 saturated heterocycles. The molecule has 43 heavy (non-hydrogen) atoms. The van der Waals surface area contributed by atoms with Crippen LogP contribution in [-0.2, 0) is 12.6 Å². The molecule has 0 aliphatic heterocycles. The molecule has 4 heteroatoms. The second-order valence-electron chi connectivity index (χ2n) is 10.2. The van der Waals surface area contributed by atoms with Gasteiger partial charge in [0.05, 0.1) is 0 Å². The molecule has 0 saturated carbocycles. The van der Waals surface area contributed by atoms with E-state index in [1.54, 1.807) is 0 Å². The molecule has 2 nitrogen and oxygen atoms in total. The summed E-state index contributed by atoms with van der Waals surface area (Å²) in [5, 5.41) is 6.78. The van der Waals surface area contributed by atoms with Crippen molar-refractivity contribution in [2.75, 3.05) is 6.54 Å². The largest absolute Gasteiger partial charge is 0.292 e. The molecule has 0 spiro atoms. The van der Waals surface area contributed by atoms with Crippen LogP contribution in [0.5, 0.6) is 0 Å². The maximum absolute atomic E-state index is 5.08. The molecule has 0 atom stereocenters. The van der Waals surface area contributed by atoms with Crippen molar-refractivity contribution in [1.29, 1.82) is 0 Å². The van der Waals surface area contributed by atoms with E-state index in [9.17, 15) is 0 Å². The molecule has 0 bridgehead atoms. The fraction of sp³-hybridized carbons (Fsp3) is 0.0769. The quantitative estimate of drug-likeness (QED) is 0.116. The van der Waals surface area contributed by atoms with Crippen molar-refractivity contribution in [2.45, 2.75) is 12.6 Å². The summed E-state index contributed by atoms with van der Waals surface area (Å²) in [5.41, 5.74) is 3.41. The number of aliphatic imine (C=N–C) groups is 1. The number of pyridine rings is 1. The van der Waals surface area contributed by atoms with Gasteiger partial charge in [-0.2, -0.15) is 0 Å². The number of rotatable bonds is 11. The van der Waals surface area contributed by atoms with Gasteiger partial charge in [-0.1, -0.05) is 152 Å². The standard InChI is InChI=1S/C39H34N2P2/c1-5-19-35(20-6-1)42(36-21-7-2-8-22-36)31-34-18-15-17-33(41-34)28-29-40-30-32-16-13-14-27-39(32)43(37-23-9-3-10-24-37)38-25-11-4-12-26-38/h1-27,30H,28-29,31H2. The first kappa shape index (κ1) is 28.9. The van der Waals surface area contributed by atoms with Gasteiger partial charge in [0, 0.05) is 42.3 Å². The molecule has 0 aliphatic carbocycles. The second kappa shape index (κ2) is 14.8. The fourth-order valence-electron chi connectivity index (χ4n) is 5.19. The summed E-state index contributed by atoms with van der Waals surface area (Å²) in [4.78, 5) is 9.98. The minimum atomic E-state index is -0.685. The maximum atomic E-state index is 5.08. The van der Waals surface area contributed by atoms with E-state index >= 15 is 0 Å². The first-order chi connectivity index (χ1) is 21.3. The van der Waals surface area contributed by atoms with Crippen molar-refractivity contribution in [3.63, 3.8) is 0 Å². The monoisotopic (exact) mass is 592 g/mol. The fourth-order valence-corrected chi connectivity index (χ4v) is 9.84. The van der Waals surface area contributed by atoms with E-state index in [0.29, 0.717) is 6.54 Å². The van der Waals surface area contributed by atoms with Crippen molar-refractivity contribution in [1.82, 2.24) is 4.98 Å². The van der Waals surface area contributed by atoms with Crippen LogP contribution in [0.25, 0.3) is 0 Å². The zero-order chi connectivity index (χ0) is 29.1. The van der Waals surface area contributed by atoms with Crippen molar-refractivity contribution in [2.24, 2.45) is 4.99 Å². The van der Waals surface area contributed by atoms with Gasteiger partial charge in [-0.15, -0.1) is 0 Å². The molecule has 0 unspecified atom stereocenters. The summed E-state index contributed by atoms with van der Waals surface area (Å²) in [6, 6.07) is 58.5. The second-order valence-corrected chi connectivity index (χ2v) is 14.6. The molecular formula is C39H34N2P2. The van der Waals surface area contributed by atoms with Crippen LogP contribution in [0.3, 0.4) is 0 Å². The molecule has 6 aromatic rings. The van der Waals surface area contributed by atoms with Gasteiger partial charge < -0.3 is 0 Å². The highest BCUT2D eigenvalue weighted by Crippen LogP contribution is 2.37. The highest BCUT2D eigenvalue weighted by atomic mass is 31.1. The maximum Gasteiger partial charge on any atom is 0.0456 e. The Morgan fingerprint density at radius 2 is 0.977 bits per heavy atom. The third-order valence-corrected chi connectivity index (χ3v) is 12.3. The summed E-state index contributed by atoms with van der Waals surface area (Å²) in [5.74, 6) is 0. The van der Waals surface area contributed by atoms with Crippen LogP contribution >= 0.6 is 15.8 Å². The lowest BCUT2D eigenvalue weighted by Gasteiger charge is -2.21. The Morgan fingerprint density at radius 3 is 1.56 bits per heavy atom. The van der Waals surface area contributed by atoms with Crippen LogP contribution in [0.2, 0.25) is 0 Å². The lowest BCUT2D eigenvalue weighted by molar-refractivity contribution is 0.913. The van der Waals surface area contributed by atoms with Gasteiger partial charge in [0.25, 0.3) is 0 Å². The van der Waals surface area contributed by atoms with E-state index < -0.39 is 15.8 Å². The van der Waals surface area contributed by atoms with Crippen molar-refractivity contribution >= 4 is 48.6 Å². The summed E-state index contributed by atoms with van der Waals surface area (Å²) in [6.07, 6.45) is 3.80. The third-order valence-electron chi connectivity index (χ3n) is 7.25. The topological polar surface area (TPSA) is 25.2 Å². The molecule has 0 N–H and O–H groups in total. The van der Waals surface area contributed by atoms with Crippen LogP contribution in [0.15, 0.2) is 169 Å². The predicted molar refractivity (Wildman–Crippen MR) is 188 cm³/mol. The van der Waals surface area contributed by atoms with Gasteiger partial charge in [-0.25, -0.2) is 0 Å². The predicted octanol–water partition coefficient (Wildman–Crippen LogP) is 7.13. The SMILES string of the molecule is C(=NCCc1cccc(CP(c2ccccc2)c2ccccc2)n1)c1ccccc1P(c1ccccc1)c1ccccc1. The lowest BCUT2D eigenvalue weighted by Crippen LogP contribution is -2.23. The van der Waals surface area contributed by atoms with Crippen LogP contribution in [0.1, 0.15) is 17.0 Å². The molecule has 0 aliphatic rings. The number of aromatic nitrogens is 1. The van der Waals surface area contributed by atoms with Crippen molar-refractivity contribution < 1.29 is 0 Å². The van der Waals surface area contributed by atoms with Crippen molar-refractivity contribution in [3.05, 3.63) is 181 Å². The Hall–Kier alpha value is -4.22. The van der Waals surface area contributed by atoms with E-state index in [-0.39, 0.29) is 0 Å². The van der Waals surface area contributed by atoms with Crippen molar-refractivity contribution in [3.8, 4) is 0 Å². The van der Waals surface area contributed by atoms with Crippen LogP contribution in [-0.4, -0.2) is 17.7 Å². The Kier molecular flexibility index (Phi) is 9.93.